The highest BCUT2D eigenvalue weighted by molar-refractivity contribution is 5.81. The van der Waals surface area contributed by atoms with Crippen molar-refractivity contribution < 1.29 is 0 Å². The molecule has 0 atom stereocenters. The Labute approximate surface area is 106 Å². The summed E-state index contributed by atoms with van der Waals surface area (Å²) in [6, 6.07) is 1.73. The van der Waals surface area contributed by atoms with Gasteiger partial charge in [0.2, 0.25) is 0 Å². The lowest BCUT2D eigenvalue weighted by molar-refractivity contribution is 0.766. The molecule has 0 spiro atoms. The predicted molar refractivity (Wildman–Crippen MR) is 67.7 cm³/mol. The first-order valence-corrected chi connectivity index (χ1v) is 5.55. The van der Waals surface area contributed by atoms with Gasteiger partial charge in [0.05, 0.1) is 11.3 Å². The van der Waals surface area contributed by atoms with Crippen molar-refractivity contribution in [3.63, 3.8) is 0 Å². The van der Waals surface area contributed by atoms with Gasteiger partial charge >= 0.3 is 5.69 Å². The quantitative estimate of drug-likeness (QED) is 0.623. The van der Waals surface area contributed by atoms with Gasteiger partial charge in [0.1, 0.15) is 5.69 Å². The average molecular weight is 258 g/mol. The Hall–Kier alpha value is -2.77. The van der Waals surface area contributed by atoms with Gasteiger partial charge in [-0.15, -0.1) is 10.2 Å². The van der Waals surface area contributed by atoms with Crippen molar-refractivity contribution in [2.75, 3.05) is 0 Å². The second kappa shape index (κ2) is 3.87. The molecule has 3 rings (SSSR count). The minimum absolute atomic E-state index is 0.261. The van der Waals surface area contributed by atoms with E-state index in [1.165, 1.54) is 6.20 Å². The molecule has 0 aliphatic heterocycles. The minimum atomic E-state index is -0.555. The van der Waals surface area contributed by atoms with Gasteiger partial charge in [-0.25, -0.2) is 9.48 Å². The summed E-state index contributed by atoms with van der Waals surface area (Å²) in [5, 5.41) is 13.1. The molecule has 0 radical (unpaired) electrons. The molecule has 0 aliphatic carbocycles. The lowest BCUT2D eigenvalue weighted by Crippen LogP contribution is -2.22. The SMILES string of the molecule is Cc1nn(C)c2nnc(-c3c[nH]c(=O)[nH]c3=O)cc12. The molecule has 2 N–H and O–H groups in total. The summed E-state index contributed by atoms with van der Waals surface area (Å²) in [5.41, 5.74) is 1.04. The maximum absolute atomic E-state index is 11.7. The Kier molecular flexibility index (Phi) is 2.31. The van der Waals surface area contributed by atoms with Crippen LogP contribution in [0.2, 0.25) is 0 Å². The summed E-state index contributed by atoms with van der Waals surface area (Å²) in [7, 11) is 1.77. The average Bonchev–Trinajstić information content (AvgIpc) is 2.65. The summed E-state index contributed by atoms with van der Waals surface area (Å²) >= 11 is 0. The van der Waals surface area contributed by atoms with Crippen LogP contribution in [0.1, 0.15) is 5.69 Å². The standard InChI is InChI=1S/C11H10N6O2/c1-5-6-3-8(14-15-9(6)17(2)16-5)7-4-12-11(19)13-10(7)18/h3-4H,1-2H3,(H2,12,13,18,19). The molecular formula is C11H10N6O2. The Morgan fingerprint density at radius 1 is 1.26 bits per heavy atom. The van der Waals surface area contributed by atoms with Crippen LogP contribution in [0.25, 0.3) is 22.3 Å². The van der Waals surface area contributed by atoms with Crippen molar-refractivity contribution >= 4 is 11.0 Å². The summed E-state index contributed by atoms with van der Waals surface area (Å²) in [5.74, 6) is 0. The predicted octanol–water partition coefficient (Wildman–Crippen LogP) is -0.285. The van der Waals surface area contributed by atoms with E-state index in [-0.39, 0.29) is 5.56 Å². The summed E-state index contributed by atoms with van der Waals surface area (Å²) in [6.45, 7) is 1.85. The maximum Gasteiger partial charge on any atom is 0.325 e. The Balaban J connectivity index is 2.29. The van der Waals surface area contributed by atoms with E-state index in [2.05, 4.69) is 25.3 Å². The van der Waals surface area contributed by atoms with Crippen molar-refractivity contribution in [3.05, 3.63) is 38.8 Å². The summed E-state index contributed by atoms with van der Waals surface area (Å²) in [4.78, 5) is 27.2. The van der Waals surface area contributed by atoms with E-state index in [0.717, 1.165) is 11.1 Å². The fourth-order valence-electron chi connectivity index (χ4n) is 1.95. The zero-order valence-corrected chi connectivity index (χ0v) is 10.3. The van der Waals surface area contributed by atoms with Crippen LogP contribution in [0.15, 0.2) is 21.9 Å². The van der Waals surface area contributed by atoms with Gasteiger partial charge in [0, 0.05) is 18.6 Å². The molecule has 0 unspecified atom stereocenters. The monoisotopic (exact) mass is 258 g/mol. The molecule has 0 saturated heterocycles. The summed E-state index contributed by atoms with van der Waals surface area (Å²) < 4.78 is 1.62. The van der Waals surface area contributed by atoms with E-state index in [4.69, 9.17) is 0 Å². The van der Waals surface area contributed by atoms with Crippen molar-refractivity contribution in [1.29, 1.82) is 0 Å². The Morgan fingerprint density at radius 3 is 2.79 bits per heavy atom. The number of aromatic amines is 2. The number of nitrogens with zero attached hydrogens (tertiary/aromatic N) is 4. The molecule has 3 aromatic rings. The smallest absolute Gasteiger partial charge is 0.313 e. The van der Waals surface area contributed by atoms with Crippen LogP contribution in [0, 0.1) is 6.92 Å². The zero-order chi connectivity index (χ0) is 13.6. The number of aryl methyl sites for hydroxylation is 2. The highest BCUT2D eigenvalue weighted by atomic mass is 16.2. The van der Waals surface area contributed by atoms with Crippen molar-refractivity contribution in [2.45, 2.75) is 6.92 Å². The largest absolute Gasteiger partial charge is 0.325 e. The second-order valence-electron chi connectivity index (χ2n) is 4.16. The van der Waals surface area contributed by atoms with Crippen LogP contribution in [0.4, 0.5) is 0 Å². The lowest BCUT2D eigenvalue weighted by atomic mass is 10.2. The van der Waals surface area contributed by atoms with Crippen LogP contribution >= 0.6 is 0 Å². The van der Waals surface area contributed by atoms with Crippen LogP contribution in [-0.2, 0) is 7.05 Å². The molecule has 19 heavy (non-hydrogen) atoms. The normalized spacial score (nSPS) is 11.1. The molecule has 0 aromatic carbocycles. The van der Waals surface area contributed by atoms with Crippen LogP contribution in [-0.4, -0.2) is 29.9 Å². The van der Waals surface area contributed by atoms with Crippen molar-refractivity contribution in [2.24, 2.45) is 7.05 Å². The molecule has 96 valence electrons. The van der Waals surface area contributed by atoms with Crippen molar-refractivity contribution in [1.82, 2.24) is 29.9 Å². The van der Waals surface area contributed by atoms with Crippen LogP contribution < -0.4 is 11.2 Å². The van der Waals surface area contributed by atoms with E-state index in [0.29, 0.717) is 11.3 Å². The van der Waals surface area contributed by atoms with Crippen LogP contribution in [0.5, 0.6) is 0 Å². The fraction of sp³-hybridized carbons (Fsp3) is 0.182. The molecule has 8 heteroatoms. The van der Waals surface area contributed by atoms with Crippen molar-refractivity contribution in [3.8, 4) is 11.3 Å². The third kappa shape index (κ3) is 1.73. The first kappa shape index (κ1) is 11.3. The number of H-pyrrole nitrogens is 2. The topological polar surface area (TPSA) is 109 Å². The summed E-state index contributed by atoms with van der Waals surface area (Å²) in [6.07, 6.45) is 1.32. The third-order valence-corrected chi connectivity index (χ3v) is 2.87. The molecule has 3 aromatic heterocycles. The molecule has 0 amide bonds. The number of hydrogen-bond acceptors (Lipinski definition) is 5. The number of nitrogens with one attached hydrogen (secondary N) is 2. The van der Waals surface area contributed by atoms with E-state index in [9.17, 15) is 9.59 Å². The van der Waals surface area contributed by atoms with E-state index >= 15 is 0 Å². The lowest BCUT2D eigenvalue weighted by Gasteiger charge is -1.98. The van der Waals surface area contributed by atoms with Crippen LogP contribution in [0.3, 0.4) is 0 Å². The number of rotatable bonds is 1. The molecule has 0 saturated carbocycles. The van der Waals surface area contributed by atoms with Gasteiger partial charge < -0.3 is 4.98 Å². The first-order chi connectivity index (χ1) is 9.06. The van der Waals surface area contributed by atoms with E-state index in [1.54, 1.807) is 17.8 Å². The first-order valence-electron chi connectivity index (χ1n) is 5.55. The molecule has 0 aliphatic rings. The van der Waals surface area contributed by atoms with Gasteiger partial charge in [0.25, 0.3) is 5.56 Å². The maximum atomic E-state index is 11.7. The fourth-order valence-corrected chi connectivity index (χ4v) is 1.95. The Bertz CT molecular complexity index is 888. The molecule has 0 bridgehead atoms. The molecular weight excluding hydrogens is 248 g/mol. The van der Waals surface area contributed by atoms with Gasteiger partial charge in [-0.2, -0.15) is 5.10 Å². The number of hydrogen-bond donors (Lipinski definition) is 2. The molecule has 0 fully saturated rings. The highest BCUT2D eigenvalue weighted by Gasteiger charge is 2.11. The number of fused-ring (bicyclic) bond motifs is 1. The van der Waals surface area contributed by atoms with Gasteiger partial charge in [-0.05, 0) is 13.0 Å². The van der Waals surface area contributed by atoms with Gasteiger partial charge in [-0.3, -0.25) is 9.78 Å². The second-order valence-corrected chi connectivity index (χ2v) is 4.16. The third-order valence-electron chi connectivity index (χ3n) is 2.87. The van der Waals surface area contributed by atoms with E-state index < -0.39 is 11.2 Å². The number of aromatic nitrogens is 6. The molecule has 8 nitrogen and oxygen atoms in total. The Morgan fingerprint density at radius 2 is 2.05 bits per heavy atom. The van der Waals surface area contributed by atoms with Gasteiger partial charge in [0.15, 0.2) is 5.65 Å². The van der Waals surface area contributed by atoms with Gasteiger partial charge in [-0.1, -0.05) is 0 Å². The minimum Gasteiger partial charge on any atom is -0.313 e. The van der Waals surface area contributed by atoms with E-state index in [1.807, 2.05) is 6.92 Å². The molecule has 3 heterocycles. The highest BCUT2D eigenvalue weighted by Crippen LogP contribution is 2.19. The zero-order valence-electron chi connectivity index (χ0n) is 10.3.